The maximum absolute atomic E-state index is 5.81. The molecule has 4 nitrogen and oxygen atoms in total. The topological polar surface area (TPSA) is 36.9 Å². The first-order valence-electron chi connectivity index (χ1n) is 6.96. The molecule has 0 amide bonds. The molecular formula is C17H19ClO4. The summed E-state index contributed by atoms with van der Waals surface area (Å²) in [6, 6.07) is 12.8. The summed E-state index contributed by atoms with van der Waals surface area (Å²) in [5.41, 5.74) is 0. The van der Waals surface area contributed by atoms with Crippen molar-refractivity contribution < 1.29 is 18.9 Å². The molecule has 0 fully saturated rings. The van der Waals surface area contributed by atoms with Gasteiger partial charge in [0.1, 0.15) is 11.5 Å². The van der Waals surface area contributed by atoms with Crippen LogP contribution in [0.3, 0.4) is 0 Å². The van der Waals surface area contributed by atoms with Gasteiger partial charge in [0.15, 0.2) is 11.5 Å². The number of hydrogen-bond donors (Lipinski definition) is 0. The highest BCUT2D eigenvalue weighted by molar-refractivity contribution is 6.30. The summed E-state index contributed by atoms with van der Waals surface area (Å²) in [6.45, 7) is 1.14. The second kappa shape index (κ2) is 8.39. The van der Waals surface area contributed by atoms with Crippen molar-refractivity contribution in [2.24, 2.45) is 0 Å². The Balaban J connectivity index is 1.73. The minimum atomic E-state index is 0.559. The van der Waals surface area contributed by atoms with E-state index in [2.05, 4.69) is 0 Å². The summed E-state index contributed by atoms with van der Waals surface area (Å²) in [5.74, 6) is 2.87. The summed E-state index contributed by atoms with van der Waals surface area (Å²) < 4.78 is 21.7. The molecule has 0 saturated heterocycles. The summed E-state index contributed by atoms with van der Waals surface area (Å²) in [4.78, 5) is 0. The van der Waals surface area contributed by atoms with Crippen LogP contribution in [0.5, 0.6) is 23.0 Å². The number of halogens is 1. The van der Waals surface area contributed by atoms with Gasteiger partial charge in [0.05, 0.1) is 27.4 Å². The Bertz CT molecular complexity index is 584. The average Bonchev–Trinajstić information content (AvgIpc) is 2.56. The minimum absolute atomic E-state index is 0.559. The first-order valence-corrected chi connectivity index (χ1v) is 7.34. The molecule has 5 heteroatoms. The van der Waals surface area contributed by atoms with Gasteiger partial charge in [-0.05, 0) is 36.4 Å². The summed E-state index contributed by atoms with van der Waals surface area (Å²) in [6.07, 6.45) is 0.775. The molecule has 0 aliphatic rings. The Morgan fingerprint density at radius 1 is 0.773 bits per heavy atom. The fraction of sp³-hybridized carbons (Fsp3) is 0.294. The predicted molar refractivity (Wildman–Crippen MR) is 86.6 cm³/mol. The zero-order valence-electron chi connectivity index (χ0n) is 12.7. The van der Waals surface area contributed by atoms with Crippen LogP contribution in [0, 0.1) is 0 Å². The van der Waals surface area contributed by atoms with Crippen molar-refractivity contribution in [2.75, 3.05) is 27.4 Å². The third-order valence-electron chi connectivity index (χ3n) is 2.99. The predicted octanol–water partition coefficient (Wildman–Crippen LogP) is 4.21. The van der Waals surface area contributed by atoms with E-state index in [1.165, 1.54) is 0 Å². The molecule has 0 spiro atoms. The van der Waals surface area contributed by atoms with Crippen molar-refractivity contribution in [1.82, 2.24) is 0 Å². The molecule has 0 aliphatic heterocycles. The lowest BCUT2D eigenvalue weighted by molar-refractivity contribution is 0.246. The number of ether oxygens (including phenoxy) is 4. The van der Waals surface area contributed by atoms with Gasteiger partial charge >= 0.3 is 0 Å². The molecule has 2 aromatic rings. The summed E-state index contributed by atoms with van der Waals surface area (Å²) in [5, 5.41) is 0.698. The zero-order valence-corrected chi connectivity index (χ0v) is 13.4. The van der Waals surface area contributed by atoms with E-state index in [4.69, 9.17) is 30.5 Å². The van der Waals surface area contributed by atoms with E-state index in [1.807, 2.05) is 24.3 Å². The van der Waals surface area contributed by atoms with Crippen LogP contribution in [0.1, 0.15) is 6.42 Å². The molecule has 0 unspecified atom stereocenters. The Morgan fingerprint density at radius 3 is 2.00 bits per heavy atom. The molecule has 0 bridgehead atoms. The molecular weight excluding hydrogens is 304 g/mol. The van der Waals surface area contributed by atoms with Crippen LogP contribution in [0.4, 0.5) is 0 Å². The largest absolute Gasteiger partial charge is 0.493 e. The van der Waals surface area contributed by atoms with Gasteiger partial charge in [0, 0.05) is 17.5 Å². The lowest BCUT2D eigenvalue weighted by atomic mass is 10.3. The van der Waals surface area contributed by atoms with Crippen LogP contribution in [-0.2, 0) is 0 Å². The maximum Gasteiger partial charge on any atom is 0.164 e. The van der Waals surface area contributed by atoms with Crippen LogP contribution in [0.25, 0.3) is 0 Å². The standard InChI is InChI=1S/C17H19ClO4/c1-19-16-9-8-15(12-17(16)20-2)22-11-3-10-21-14-6-4-13(18)5-7-14/h4-9,12H,3,10-11H2,1-2H3. The quantitative estimate of drug-likeness (QED) is 0.682. The zero-order chi connectivity index (χ0) is 15.8. The van der Waals surface area contributed by atoms with Gasteiger partial charge in [-0.1, -0.05) is 11.6 Å². The lowest BCUT2D eigenvalue weighted by Crippen LogP contribution is -2.05. The van der Waals surface area contributed by atoms with Gasteiger partial charge in [-0.25, -0.2) is 0 Å². The summed E-state index contributed by atoms with van der Waals surface area (Å²) >= 11 is 5.81. The van der Waals surface area contributed by atoms with Crippen molar-refractivity contribution >= 4 is 11.6 Å². The molecule has 2 rings (SSSR count). The number of rotatable bonds is 8. The van der Waals surface area contributed by atoms with Gasteiger partial charge in [0.25, 0.3) is 0 Å². The lowest BCUT2D eigenvalue weighted by Gasteiger charge is -2.11. The molecule has 0 heterocycles. The van der Waals surface area contributed by atoms with Crippen molar-refractivity contribution in [3.05, 3.63) is 47.5 Å². The van der Waals surface area contributed by atoms with E-state index >= 15 is 0 Å². The minimum Gasteiger partial charge on any atom is -0.493 e. The SMILES string of the molecule is COc1ccc(OCCCOc2ccc(Cl)cc2)cc1OC. The molecule has 0 atom stereocenters. The van der Waals surface area contributed by atoms with E-state index in [9.17, 15) is 0 Å². The molecule has 0 N–H and O–H groups in total. The van der Waals surface area contributed by atoms with Crippen LogP contribution >= 0.6 is 11.6 Å². The van der Waals surface area contributed by atoms with Crippen molar-refractivity contribution in [1.29, 1.82) is 0 Å². The van der Waals surface area contributed by atoms with E-state index in [1.54, 1.807) is 32.4 Å². The number of hydrogen-bond acceptors (Lipinski definition) is 4. The van der Waals surface area contributed by atoms with Crippen molar-refractivity contribution in [3.8, 4) is 23.0 Å². The van der Waals surface area contributed by atoms with E-state index in [-0.39, 0.29) is 0 Å². The molecule has 0 aliphatic carbocycles. The normalized spacial score (nSPS) is 10.1. The fourth-order valence-corrected chi connectivity index (χ4v) is 2.00. The van der Waals surface area contributed by atoms with Crippen LogP contribution in [0.15, 0.2) is 42.5 Å². The smallest absolute Gasteiger partial charge is 0.164 e. The third-order valence-corrected chi connectivity index (χ3v) is 3.25. The number of methoxy groups -OCH3 is 2. The Kier molecular flexibility index (Phi) is 6.22. The first kappa shape index (κ1) is 16.3. The number of benzene rings is 2. The fourth-order valence-electron chi connectivity index (χ4n) is 1.88. The third kappa shape index (κ3) is 4.74. The highest BCUT2D eigenvalue weighted by Crippen LogP contribution is 2.30. The van der Waals surface area contributed by atoms with E-state index in [0.717, 1.165) is 17.9 Å². The first-order chi connectivity index (χ1) is 10.7. The van der Waals surface area contributed by atoms with Crippen molar-refractivity contribution in [3.63, 3.8) is 0 Å². The van der Waals surface area contributed by atoms with Gasteiger partial charge in [-0.2, -0.15) is 0 Å². The molecule has 22 heavy (non-hydrogen) atoms. The Morgan fingerprint density at radius 2 is 1.36 bits per heavy atom. The van der Waals surface area contributed by atoms with Gasteiger partial charge in [-0.3, -0.25) is 0 Å². The second-order valence-corrected chi connectivity index (χ2v) is 4.96. The highest BCUT2D eigenvalue weighted by atomic mass is 35.5. The van der Waals surface area contributed by atoms with Crippen LogP contribution in [-0.4, -0.2) is 27.4 Å². The summed E-state index contributed by atoms with van der Waals surface area (Å²) in [7, 11) is 3.20. The van der Waals surface area contributed by atoms with E-state index in [0.29, 0.717) is 29.7 Å². The highest BCUT2D eigenvalue weighted by Gasteiger charge is 2.05. The monoisotopic (exact) mass is 322 g/mol. The maximum atomic E-state index is 5.81. The average molecular weight is 323 g/mol. The molecule has 0 saturated carbocycles. The van der Waals surface area contributed by atoms with Gasteiger partial charge in [0.2, 0.25) is 0 Å². The van der Waals surface area contributed by atoms with Gasteiger partial charge < -0.3 is 18.9 Å². The molecule has 0 radical (unpaired) electrons. The van der Waals surface area contributed by atoms with E-state index < -0.39 is 0 Å². The molecule has 2 aromatic carbocycles. The van der Waals surface area contributed by atoms with Crippen LogP contribution in [0.2, 0.25) is 5.02 Å². The second-order valence-electron chi connectivity index (χ2n) is 4.52. The molecule has 0 aromatic heterocycles. The molecule has 118 valence electrons. The van der Waals surface area contributed by atoms with Crippen LogP contribution < -0.4 is 18.9 Å². The van der Waals surface area contributed by atoms with Crippen molar-refractivity contribution in [2.45, 2.75) is 6.42 Å². The van der Waals surface area contributed by atoms with Gasteiger partial charge in [-0.15, -0.1) is 0 Å². The Labute approximate surface area is 135 Å². The Hall–Kier alpha value is -2.07.